The molecule has 120 valence electrons. The molecule has 3 atom stereocenters. The summed E-state index contributed by atoms with van der Waals surface area (Å²) >= 11 is 1.68. The predicted octanol–water partition coefficient (Wildman–Crippen LogP) is 2.40. The number of hydrogen-bond donors (Lipinski definition) is 1. The molecule has 1 aromatic rings. The zero-order chi connectivity index (χ0) is 14.9. The molecule has 2 aliphatic heterocycles. The van der Waals surface area contributed by atoms with Gasteiger partial charge in [-0.3, -0.25) is 9.69 Å². The maximum Gasteiger partial charge on any atom is 0.222 e. The fraction of sp³-hybridized carbons (Fsp3) is 0.706. The van der Waals surface area contributed by atoms with Crippen LogP contribution < -0.4 is 5.32 Å². The van der Waals surface area contributed by atoms with Crippen molar-refractivity contribution in [1.82, 2.24) is 10.2 Å². The first-order valence-electron chi connectivity index (χ1n) is 8.46. The highest BCUT2D eigenvalue weighted by Crippen LogP contribution is 2.38. The average molecular weight is 320 g/mol. The number of carbonyl (C=O) groups excluding carboxylic acids is 1. The third-order valence-corrected chi connectivity index (χ3v) is 6.26. The minimum atomic E-state index is 0.120. The highest BCUT2D eigenvalue weighted by molar-refractivity contribution is 7.09. The van der Waals surface area contributed by atoms with Crippen LogP contribution in [0.25, 0.3) is 0 Å². The van der Waals surface area contributed by atoms with Gasteiger partial charge in [-0.15, -0.1) is 11.3 Å². The Morgan fingerprint density at radius 1 is 1.41 bits per heavy atom. The molecule has 0 bridgehead atoms. The van der Waals surface area contributed by atoms with Crippen LogP contribution in [-0.4, -0.2) is 42.1 Å². The number of ether oxygens (including phenoxy) is 1. The molecule has 1 aromatic heterocycles. The number of carbonyl (C=O) groups is 1. The smallest absolute Gasteiger partial charge is 0.222 e. The fourth-order valence-corrected chi connectivity index (χ4v) is 4.60. The Labute approximate surface area is 135 Å². The van der Waals surface area contributed by atoms with Gasteiger partial charge in [-0.25, -0.2) is 0 Å². The van der Waals surface area contributed by atoms with Crippen molar-refractivity contribution in [3.8, 4) is 0 Å². The van der Waals surface area contributed by atoms with Crippen molar-refractivity contribution in [3.05, 3.63) is 22.4 Å². The van der Waals surface area contributed by atoms with Gasteiger partial charge in [0, 0.05) is 29.9 Å². The molecule has 4 rings (SSSR count). The van der Waals surface area contributed by atoms with Gasteiger partial charge in [0.15, 0.2) is 0 Å². The molecule has 0 aromatic carbocycles. The van der Waals surface area contributed by atoms with E-state index in [1.165, 1.54) is 30.7 Å². The Bertz CT molecular complexity index is 501. The number of nitrogens with zero attached hydrogens (tertiary/aromatic N) is 1. The van der Waals surface area contributed by atoms with E-state index < -0.39 is 0 Å². The van der Waals surface area contributed by atoms with Gasteiger partial charge in [-0.1, -0.05) is 12.5 Å². The van der Waals surface area contributed by atoms with Crippen LogP contribution >= 0.6 is 11.3 Å². The van der Waals surface area contributed by atoms with Gasteiger partial charge in [-0.05, 0) is 30.7 Å². The maximum atomic E-state index is 12.0. The molecule has 3 aliphatic rings. The molecule has 1 amide bonds. The molecule has 3 fully saturated rings. The van der Waals surface area contributed by atoms with E-state index in [0.717, 1.165) is 19.0 Å². The highest BCUT2D eigenvalue weighted by Gasteiger charge is 2.44. The highest BCUT2D eigenvalue weighted by atomic mass is 32.1. The Balaban J connectivity index is 1.20. The Kier molecular flexibility index (Phi) is 4.20. The topological polar surface area (TPSA) is 41.6 Å². The van der Waals surface area contributed by atoms with E-state index in [2.05, 4.69) is 16.3 Å². The van der Waals surface area contributed by atoms with E-state index in [-0.39, 0.29) is 12.0 Å². The fourth-order valence-electron chi connectivity index (χ4n) is 3.95. The van der Waals surface area contributed by atoms with Crippen molar-refractivity contribution in [3.63, 3.8) is 0 Å². The van der Waals surface area contributed by atoms with Crippen LogP contribution in [0.15, 0.2) is 17.5 Å². The minimum Gasteiger partial charge on any atom is -0.373 e. The first-order chi connectivity index (χ1) is 10.8. The van der Waals surface area contributed by atoms with Gasteiger partial charge in [-0.2, -0.15) is 0 Å². The summed E-state index contributed by atoms with van der Waals surface area (Å²) in [6.07, 6.45) is 6.20. The van der Waals surface area contributed by atoms with E-state index in [4.69, 9.17) is 4.74 Å². The van der Waals surface area contributed by atoms with Crippen molar-refractivity contribution in [2.24, 2.45) is 5.92 Å². The molecule has 4 nitrogen and oxygen atoms in total. The molecule has 1 saturated carbocycles. The number of amides is 1. The SMILES string of the molecule is O=C(C[C@H]1C[C@H]2CN(C3CCC3)C[C@H]2O1)NCc1cccs1. The first kappa shape index (κ1) is 14.7. The van der Waals surface area contributed by atoms with Crippen LogP contribution in [0, 0.1) is 5.92 Å². The molecular weight excluding hydrogens is 296 g/mol. The summed E-state index contributed by atoms with van der Waals surface area (Å²) < 4.78 is 6.14. The van der Waals surface area contributed by atoms with E-state index >= 15 is 0 Å². The van der Waals surface area contributed by atoms with Crippen LogP contribution in [0.2, 0.25) is 0 Å². The lowest BCUT2D eigenvalue weighted by Crippen LogP contribution is -2.40. The molecule has 22 heavy (non-hydrogen) atoms. The molecule has 5 heteroatoms. The zero-order valence-corrected chi connectivity index (χ0v) is 13.7. The van der Waals surface area contributed by atoms with E-state index in [9.17, 15) is 4.79 Å². The van der Waals surface area contributed by atoms with Crippen molar-refractivity contribution in [1.29, 1.82) is 0 Å². The van der Waals surface area contributed by atoms with Crippen molar-refractivity contribution < 1.29 is 9.53 Å². The third-order valence-electron chi connectivity index (χ3n) is 5.39. The van der Waals surface area contributed by atoms with Gasteiger partial charge in [0.25, 0.3) is 0 Å². The lowest BCUT2D eigenvalue weighted by atomic mass is 9.92. The quantitative estimate of drug-likeness (QED) is 0.906. The van der Waals surface area contributed by atoms with E-state index in [0.29, 0.717) is 25.0 Å². The number of thiophene rings is 1. The third kappa shape index (κ3) is 3.07. The predicted molar refractivity (Wildman–Crippen MR) is 86.8 cm³/mol. The number of nitrogens with one attached hydrogen (secondary N) is 1. The van der Waals surface area contributed by atoms with Crippen LogP contribution in [-0.2, 0) is 16.1 Å². The molecule has 1 aliphatic carbocycles. The monoisotopic (exact) mass is 320 g/mol. The summed E-state index contributed by atoms with van der Waals surface area (Å²) in [5.74, 6) is 0.768. The standard InChI is InChI=1S/C17H24N2O2S/c20-17(18-9-15-5-2-6-22-15)8-14-7-12-10-19(11-16(12)21-14)13-3-1-4-13/h2,5-6,12-14,16H,1,3-4,7-11H2,(H,18,20)/t12-,14+,16+/m0/s1. The second kappa shape index (κ2) is 6.30. The molecule has 3 heterocycles. The Hall–Kier alpha value is -0.910. The van der Waals surface area contributed by atoms with Gasteiger partial charge >= 0.3 is 0 Å². The summed E-state index contributed by atoms with van der Waals surface area (Å²) in [4.78, 5) is 15.9. The number of rotatable bonds is 5. The van der Waals surface area contributed by atoms with Crippen molar-refractivity contribution in [2.45, 2.75) is 56.9 Å². The maximum absolute atomic E-state index is 12.0. The molecule has 1 N–H and O–H groups in total. The lowest BCUT2D eigenvalue weighted by Gasteiger charge is -2.35. The Morgan fingerprint density at radius 3 is 3.00 bits per heavy atom. The van der Waals surface area contributed by atoms with Gasteiger partial charge in [0.1, 0.15) is 0 Å². The van der Waals surface area contributed by atoms with Crippen molar-refractivity contribution in [2.75, 3.05) is 13.1 Å². The van der Waals surface area contributed by atoms with Gasteiger partial charge in [0.2, 0.25) is 5.91 Å². The zero-order valence-electron chi connectivity index (χ0n) is 12.9. The van der Waals surface area contributed by atoms with Gasteiger partial charge < -0.3 is 10.1 Å². The molecule has 0 unspecified atom stereocenters. The summed E-state index contributed by atoms with van der Waals surface area (Å²) in [6, 6.07) is 4.89. The molecular formula is C17H24N2O2S. The minimum absolute atomic E-state index is 0.120. The second-order valence-corrected chi connectivity index (χ2v) is 7.92. The number of hydrogen-bond acceptors (Lipinski definition) is 4. The van der Waals surface area contributed by atoms with Crippen LogP contribution in [0.1, 0.15) is 37.0 Å². The molecule has 0 spiro atoms. The number of likely N-dealkylation sites (tertiary alicyclic amines) is 1. The summed E-state index contributed by atoms with van der Waals surface area (Å²) in [6.45, 7) is 2.91. The summed E-state index contributed by atoms with van der Waals surface area (Å²) in [5.41, 5.74) is 0. The molecule has 0 radical (unpaired) electrons. The molecule has 2 saturated heterocycles. The van der Waals surface area contributed by atoms with Crippen molar-refractivity contribution >= 4 is 17.2 Å². The van der Waals surface area contributed by atoms with E-state index in [1.54, 1.807) is 11.3 Å². The summed E-state index contributed by atoms with van der Waals surface area (Å²) in [7, 11) is 0. The Morgan fingerprint density at radius 2 is 2.32 bits per heavy atom. The van der Waals surface area contributed by atoms with E-state index in [1.807, 2.05) is 11.4 Å². The summed E-state index contributed by atoms with van der Waals surface area (Å²) in [5, 5.41) is 5.04. The normalized spacial score (nSPS) is 31.9. The lowest BCUT2D eigenvalue weighted by molar-refractivity contribution is -0.124. The average Bonchev–Trinajstić information content (AvgIpc) is 3.10. The van der Waals surface area contributed by atoms with Crippen LogP contribution in [0.3, 0.4) is 0 Å². The number of fused-ring (bicyclic) bond motifs is 1. The second-order valence-electron chi connectivity index (χ2n) is 6.89. The first-order valence-corrected chi connectivity index (χ1v) is 9.34. The van der Waals surface area contributed by atoms with Crippen LogP contribution in [0.4, 0.5) is 0 Å². The largest absolute Gasteiger partial charge is 0.373 e. The van der Waals surface area contributed by atoms with Gasteiger partial charge in [0.05, 0.1) is 25.2 Å². The van der Waals surface area contributed by atoms with Crippen LogP contribution in [0.5, 0.6) is 0 Å².